The third-order valence-corrected chi connectivity index (χ3v) is 9.20. The Balaban J connectivity index is 1.13. The van der Waals surface area contributed by atoms with Crippen LogP contribution in [-0.4, -0.2) is 80.0 Å². The van der Waals surface area contributed by atoms with Crippen molar-refractivity contribution in [2.45, 2.75) is 51.4 Å². The Kier molecular flexibility index (Phi) is 7.84. The van der Waals surface area contributed by atoms with Crippen LogP contribution in [0.4, 0.5) is 10.5 Å². The van der Waals surface area contributed by atoms with Gasteiger partial charge in [0.15, 0.2) is 0 Å². The Morgan fingerprint density at radius 3 is 2.42 bits per heavy atom. The first-order chi connectivity index (χ1) is 17.4. The summed E-state index contributed by atoms with van der Waals surface area (Å²) in [6.45, 7) is 7.65. The summed E-state index contributed by atoms with van der Waals surface area (Å²) in [6.07, 6.45) is 8.89. The molecule has 3 saturated heterocycles. The number of halogens is 1. The molecule has 0 aromatic heterocycles. The number of urea groups is 1. The molecule has 1 aromatic carbocycles. The topological polar surface area (TPSA) is 85.0 Å². The minimum Gasteiger partial charge on any atom is -0.339 e. The standard InChI is InChI=1S/C27H38ClN5O3/c28-22-2-1-21(19-23(22)33-14-6-24(34)30-26(33)36)25(35)32-15-9-27(10-16-32)7-3-20(4-8-27)5-13-31-17-11-29-12-18-31/h1-2,19-20,29H,3-18H2,(H,30,34,36). The van der Waals surface area contributed by atoms with Gasteiger partial charge in [-0.3, -0.25) is 19.8 Å². The smallest absolute Gasteiger partial charge is 0.328 e. The molecular formula is C27H38ClN5O3. The van der Waals surface area contributed by atoms with Gasteiger partial charge in [0.25, 0.3) is 5.91 Å². The van der Waals surface area contributed by atoms with Gasteiger partial charge in [-0.25, -0.2) is 4.79 Å². The molecule has 5 rings (SSSR count). The molecule has 4 amide bonds. The quantitative estimate of drug-likeness (QED) is 0.627. The van der Waals surface area contributed by atoms with Gasteiger partial charge in [-0.2, -0.15) is 0 Å². The van der Waals surface area contributed by atoms with Crippen molar-refractivity contribution in [3.63, 3.8) is 0 Å². The van der Waals surface area contributed by atoms with E-state index in [0.29, 0.717) is 21.7 Å². The van der Waals surface area contributed by atoms with Crippen LogP contribution < -0.4 is 15.5 Å². The number of imide groups is 1. The summed E-state index contributed by atoms with van der Waals surface area (Å²) in [5.74, 6) is 0.538. The molecule has 1 aromatic rings. The van der Waals surface area contributed by atoms with Gasteiger partial charge in [-0.15, -0.1) is 0 Å². The lowest BCUT2D eigenvalue weighted by molar-refractivity contribution is -0.120. The van der Waals surface area contributed by atoms with E-state index >= 15 is 0 Å². The molecule has 4 aliphatic rings. The summed E-state index contributed by atoms with van der Waals surface area (Å²) in [4.78, 5) is 43.1. The number of likely N-dealkylation sites (tertiary alicyclic amines) is 1. The third kappa shape index (κ3) is 5.71. The number of nitrogens with zero attached hydrogens (tertiary/aromatic N) is 3. The highest BCUT2D eigenvalue weighted by Crippen LogP contribution is 2.47. The van der Waals surface area contributed by atoms with Crippen LogP contribution in [0.2, 0.25) is 5.02 Å². The molecule has 1 aliphatic carbocycles. The fraction of sp³-hybridized carbons (Fsp3) is 0.667. The van der Waals surface area contributed by atoms with E-state index in [1.165, 1.54) is 56.6 Å². The van der Waals surface area contributed by atoms with E-state index in [1.807, 2.05) is 4.90 Å². The Morgan fingerprint density at radius 1 is 1.00 bits per heavy atom. The molecule has 1 spiro atoms. The minimum absolute atomic E-state index is 0.0130. The Morgan fingerprint density at radius 2 is 1.72 bits per heavy atom. The molecule has 0 atom stereocenters. The average Bonchev–Trinajstić information content (AvgIpc) is 2.90. The van der Waals surface area contributed by atoms with Gasteiger partial charge in [0.2, 0.25) is 5.91 Å². The second kappa shape index (κ2) is 11.1. The first-order valence-electron chi connectivity index (χ1n) is 13.6. The first-order valence-corrected chi connectivity index (χ1v) is 13.9. The van der Waals surface area contributed by atoms with E-state index in [0.717, 1.165) is 44.9 Å². The number of carbonyl (C=O) groups is 3. The normalized spacial score (nSPS) is 23.7. The van der Waals surface area contributed by atoms with Gasteiger partial charge >= 0.3 is 6.03 Å². The molecule has 4 fully saturated rings. The maximum absolute atomic E-state index is 13.3. The largest absolute Gasteiger partial charge is 0.339 e. The number of hydrogen-bond acceptors (Lipinski definition) is 5. The second-order valence-electron chi connectivity index (χ2n) is 11.0. The first kappa shape index (κ1) is 25.5. The fourth-order valence-corrected chi connectivity index (χ4v) is 6.61. The zero-order valence-corrected chi connectivity index (χ0v) is 21.8. The summed E-state index contributed by atoms with van der Waals surface area (Å²) < 4.78 is 0. The maximum atomic E-state index is 13.3. The lowest BCUT2D eigenvalue weighted by Crippen LogP contribution is -2.49. The predicted octanol–water partition coefficient (Wildman–Crippen LogP) is 3.49. The molecular weight excluding hydrogens is 478 g/mol. The van der Waals surface area contributed by atoms with Gasteiger partial charge in [0, 0.05) is 57.8 Å². The van der Waals surface area contributed by atoms with Crippen molar-refractivity contribution in [2.75, 3.05) is 57.3 Å². The summed E-state index contributed by atoms with van der Waals surface area (Å²) in [7, 11) is 0. The number of benzene rings is 1. The van der Waals surface area contributed by atoms with Crippen LogP contribution in [0.3, 0.4) is 0 Å². The molecule has 2 N–H and O–H groups in total. The number of carbonyl (C=O) groups excluding carboxylic acids is 3. The Labute approximate surface area is 218 Å². The molecule has 9 heteroatoms. The average molecular weight is 516 g/mol. The van der Waals surface area contributed by atoms with Gasteiger partial charge in [0.05, 0.1) is 10.7 Å². The van der Waals surface area contributed by atoms with E-state index in [2.05, 4.69) is 15.5 Å². The van der Waals surface area contributed by atoms with Crippen molar-refractivity contribution >= 4 is 35.1 Å². The van der Waals surface area contributed by atoms with Crippen molar-refractivity contribution < 1.29 is 14.4 Å². The SMILES string of the molecule is O=C1CCN(c2cc(C(=O)N3CCC4(CCC(CCN5CCNCC5)CC4)CC3)ccc2Cl)C(=O)N1. The van der Waals surface area contributed by atoms with Crippen LogP contribution in [0.25, 0.3) is 0 Å². The summed E-state index contributed by atoms with van der Waals surface area (Å²) in [5.41, 5.74) is 1.40. The molecule has 36 heavy (non-hydrogen) atoms. The molecule has 0 radical (unpaired) electrons. The fourth-order valence-electron chi connectivity index (χ4n) is 6.39. The summed E-state index contributed by atoms with van der Waals surface area (Å²) in [6, 6.07) is 4.59. The Hall–Kier alpha value is -2.16. The van der Waals surface area contributed by atoms with Crippen LogP contribution in [0.15, 0.2) is 18.2 Å². The van der Waals surface area contributed by atoms with Crippen molar-refractivity contribution in [1.29, 1.82) is 0 Å². The van der Waals surface area contributed by atoms with Crippen LogP contribution in [-0.2, 0) is 4.79 Å². The maximum Gasteiger partial charge on any atom is 0.328 e. The van der Waals surface area contributed by atoms with Crippen molar-refractivity contribution in [1.82, 2.24) is 20.4 Å². The number of piperidine rings is 1. The number of hydrogen-bond donors (Lipinski definition) is 2. The van der Waals surface area contributed by atoms with Gasteiger partial charge in [0.1, 0.15) is 0 Å². The second-order valence-corrected chi connectivity index (χ2v) is 11.4. The zero-order chi connectivity index (χ0) is 25.1. The van der Waals surface area contributed by atoms with E-state index in [1.54, 1.807) is 18.2 Å². The van der Waals surface area contributed by atoms with E-state index in [4.69, 9.17) is 11.6 Å². The number of piperazine rings is 1. The molecule has 3 heterocycles. The lowest BCUT2D eigenvalue weighted by atomic mass is 9.65. The summed E-state index contributed by atoms with van der Waals surface area (Å²) in [5, 5.41) is 6.14. The monoisotopic (exact) mass is 515 g/mol. The highest BCUT2D eigenvalue weighted by atomic mass is 35.5. The predicted molar refractivity (Wildman–Crippen MR) is 140 cm³/mol. The zero-order valence-electron chi connectivity index (χ0n) is 21.1. The number of anilines is 1. The molecule has 0 unspecified atom stereocenters. The molecule has 8 nitrogen and oxygen atoms in total. The highest BCUT2D eigenvalue weighted by molar-refractivity contribution is 6.34. The number of nitrogens with one attached hydrogen (secondary N) is 2. The number of amides is 4. The van der Waals surface area contributed by atoms with E-state index < -0.39 is 6.03 Å². The minimum atomic E-state index is -0.499. The Bertz CT molecular complexity index is 978. The van der Waals surface area contributed by atoms with Gasteiger partial charge in [-0.05, 0) is 81.0 Å². The highest BCUT2D eigenvalue weighted by Gasteiger charge is 2.39. The van der Waals surface area contributed by atoms with Crippen molar-refractivity contribution in [2.24, 2.45) is 11.3 Å². The molecule has 196 valence electrons. The van der Waals surface area contributed by atoms with Crippen LogP contribution in [0.5, 0.6) is 0 Å². The summed E-state index contributed by atoms with van der Waals surface area (Å²) >= 11 is 6.36. The van der Waals surface area contributed by atoms with Crippen LogP contribution >= 0.6 is 11.6 Å². The molecule has 3 aliphatic heterocycles. The lowest BCUT2D eigenvalue weighted by Gasteiger charge is -2.46. The van der Waals surface area contributed by atoms with Crippen molar-refractivity contribution in [3.8, 4) is 0 Å². The van der Waals surface area contributed by atoms with Crippen LogP contribution in [0.1, 0.15) is 61.7 Å². The third-order valence-electron chi connectivity index (χ3n) is 8.88. The number of rotatable bonds is 5. The van der Waals surface area contributed by atoms with Crippen LogP contribution in [0, 0.1) is 11.3 Å². The van der Waals surface area contributed by atoms with Crippen molar-refractivity contribution in [3.05, 3.63) is 28.8 Å². The van der Waals surface area contributed by atoms with E-state index in [-0.39, 0.29) is 24.8 Å². The van der Waals surface area contributed by atoms with E-state index in [9.17, 15) is 14.4 Å². The molecule has 1 saturated carbocycles. The molecule has 0 bridgehead atoms. The van der Waals surface area contributed by atoms with Gasteiger partial charge < -0.3 is 15.1 Å². The van der Waals surface area contributed by atoms with Gasteiger partial charge in [-0.1, -0.05) is 11.6 Å².